The molecule has 1 nitrogen and oxygen atoms in total. The first-order valence-corrected chi connectivity index (χ1v) is 8.90. The Morgan fingerprint density at radius 3 is 1.71 bits per heavy atom. The van der Waals surface area contributed by atoms with Crippen LogP contribution in [0.1, 0.15) is 33.3 Å². The predicted molar refractivity (Wildman–Crippen MR) is 89.2 cm³/mol. The van der Waals surface area contributed by atoms with Gasteiger partial charge < -0.3 is 4.43 Å². The molecular formula is C19H17OSi. The maximum Gasteiger partial charge on any atom is 0.234 e. The molecule has 2 heteroatoms. The highest BCUT2D eigenvalue weighted by Gasteiger charge is 2.37. The Kier molecular flexibility index (Phi) is 3.13. The maximum absolute atomic E-state index is 6.03. The minimum Gasteiger partial charge on any atom is -0.418 e. The lowest BCUT2D eigenvalue weighted by molar-refractivity contribution is 0.408. The molecule has 0 saturated carbocycles. The van der Waals surface area contributed by atoms with Crippen LogP contribution in [0.15, 0.2) is 60.7 Å². The van der Waals surface area contributed by atoms with Crippen LogP contribution in [0, 0.1) is 0 Å². The van der Waals surface area contributed by atoms with Crippen LogP contribution in [0.4, 0.5) is 0 Å². The van der Waals surface area contributed by atoms with Crippen LogP contribution in [-0.2, 0) is 4.43 Å². The highest BCUT2D eigenvalue weighted by molar-refractivity contribution is 6.57. The summed E-state index contributed by atoms with van der Waals surface area (Å²) in [4.78, 5) is 0. The van der Waals surface area contributed by atoms with E-state index < -0.39 is 9.04 Å². The van der Waals surface area contributed by atoms with Gasteiger partial charge in [0.2, 0.25) is 9.04 Å². The molecule has 0 aliphatic heterocycles. The smallest absolute Gasteiger partial charge is 0.234 e. The van der Waals surface area contributed by atoms with Crippen molar-refractivity contribution in [3.05, 3.63) is 82.9 Å². The molecule has 2 atom stereocenters. The van der Waals surface area contributed by atoms with Crippen LogP contribution < -0.4 is 0 Å². The van der Waals surface area contributed by atoms with Crippen molar-refractivity contribution >= 4 is 21.2 Å². The SMILES string of the molecule is CO[Si](C1C=Cc2ccccc21)C1C=Cc2ccccc21. The van der Waals surface area contributed by atoms with E-state index in [1.165, 1.54) is 22.3 Å². The van der Waals surface area contributed by atoms with Crippen LogP contribution in [0.5, 0.6) is 0 Å². The quantitative estimate of drug-likeness (QED) is 0.764. The van der Waals surface area contributed by atoms with Crippen LogP contribution in [0.3, 0.4) is 0 Å². The van der Waals surface area contributed by atoms with E-state index in [4.69, 9.17) is 4.43 Å². The third-order valence-corrected chi connectivity index (χ3v) is 7.15. The Hall–Kier alpha value is -1.90. The molecule has 0 amide bonds. The van der Waals surface area contributed by atoms with Gasteiger partial charge in [-0.25, -0.2) is 0 Å². The van der Waals surface area contributed by atoms with E-state index >= 15 is 0 Å². The highest BCUT2D eigenvalue weighted by Crippen LogP contribution is 2.40. The molecule has 21 heavy (non-hydrogen) atoms. The van der Waals surface area contributed by atoms with Crippen molar-refractivity contribution in [3.63, 3.8) is 0 Å². The molecule has 0 heterocycles. The van der Waals surface area contributed by atoms with Crippen LogP contribution in [0.2, 0.25) is 0 Å². The van der Waals surface area contributed by atoms with Gasteiger partial charge in [0, 0.05) is 18.2 Å². The van der Waals surface area contributed by atoms with E-state index in [9.17, 15) is 0 Å². The highest BCUT2D eigenvalue weighted by atomic mass is 28.3. The number of benzene rings is 2. The molecule has 2 aliphatic carbocycles. The minimum absolute atomic E-state index is 0.428. The van der Waals surface area contributed by atoms with Gasteiger partial charge in [-0.1, -0.05) is 72.8 Å². The first-order valence-electron chi connectivity index (χ1n) is 7.33. The van der Waals surface area contributed by atoms with Crippen molar-refractivity contribution in [1.29, 1.82) is 0 Å². The van der Waals surface area contributed by atoms with Crippen molar-refractivity contribution < 1.29 is 4.43 Å². The van der Waals surface area contributed by atoms with Gasteiger partial charge in [-0.15, -0.1) is 0 Å². The number of fused-ring (bicyclic) bond motifs is 2. The molecule has 2 aliphatic rings. The Balaban J connectivity index is 1.72. The number of hydrogen-bond acceptors (Lipinski definition) is 1. The molecule has 4 rings (SSSR count). The average Bonchev–Trinajstić information content (AvgIpc) is 3.14. The normalized spacial score (nSPS) is 21.8. The second-order valence-electron chi connectivity index (χ2n) is 5.54. The molecule has 0 fully saturated rings. The van der Waals surface area contributed by atoms with Crippen molar-refractivity contribution in [3.8, 4) is 0 Å². The molecule has 2 unspecified atom stereocenters. The lowest BCUT2D eigenvalue weighted by atomic mass is 10.1. The first kappa shape index (κ1) is 12.8. The fourth-order valence-corrected chi connectivity index (χ4v) is 6.05. The first-order chi connectivity index (χ1) is 10.4. The zero-order valence-electron chi connectivity index (χ0n) is 12.0. The average molecular weight is 289 g/mol. The molecule has 2 aromatic rings. The Morgan fingerprint density at radius 2 is 1.24 bits per heavy atom. The summed E-state index contributed by atoms with van der Waals surface area (Å²) in [5, 5.41) is 0. The monoisotopic (exact) mass is 289 g/mol. The summed E-state index contributed by atoms with van der Waals surface area (Å²) in [7, 11) is 0.836. The Labute approximate surface area is 127 Å². The summed E-state index contributed by atoms with van der Waals surface area (Å²) >= 11 is 0. The van der Waals surface area contributed by atoms with Gasteiger partial charge in [0.15, 0.2) is 0 Å². The van der Waals surface area contributed by atoms with Gasteiger partial charge >= 0.3 is 0 Å². The Morgan fingerprint density at radius 1 is 0.762 bits per heavy atom. The summed E-state index contributed by atoms with van der Waals surface area (Å²) in [6, 6.07) is 17.4. The summed E-state index contributed by atoms with van der Waals surface area (Å²) in [5.41, 5.74) is 6.39. The van der Waals surface area contributed by atoms with Crippen LogP contribution in [0.25, 0.3) is 12.2 Å². The molecule has 0 spiro atoms. The van der Waals surface area contributed by atoms with Gasteiger partial charge in [0.05, 0.1) is 0 Å². The predicted octanol–water partition coefficient (Wildman–Crippen LogP) is 4.32. The van der Waals surface area contributed by atoms with Crippen molar-refractivity contribution in [2.45, 2.75) is 11.1 Å². The van der Waals surface area contributed by atoms with Crippen molar-refractivity contribution in [2.75, 3.05) is 7.11 Å². The minimum atomic E-state index is -1.04. The third-order valence-electron chi connectivity index (χ3n) is 4.45. The molecule has 0 bridgehead atoms. The van der Waals surface area contributed by atoms with E-state index in [2.05, 4.69) is 72.8 Å². The molecule has 103 valence electrons. The van der Waals surface area contributed by atoms with E-state index in [-0.39, 0.29) is 0 Å². The zero-order valence-corrected chi connectivity index (χ0v) is 13.0. The van der Waals surface area contributed by atoms with Crippen LogP contribution in [-0.4, -0.2) is 16.2 Å². The summed E-state index contributed by atoms with van der Waals surface area (Å²) in [6.07, 6.45) is 9.15. The van der Waals surface area contributed by atoms with Gasteiger partial charge in [0.25, 0.3) is 0 Å². The van der Waals surface area contributed by atoms with Crippen LogP contribution >= 0.6 is 0 Å². The molecule has 0 N–H and O–H groups in total. The van der Waals surface area contributed by atoms with Gasteiger partial charge in [0.1, 0.15) is 0 Å². The maximum atomic E-state index is 6.03. The fraction of sp³-hybridized carbons (Fsp3) is 0.158. The second-order valence-corrected chi connectivity index (χ2v) is 7.99. The Bertz CT molecular complexity index is 670. The summed E-state index contributed by atoms with van der Waals surface area (Å²) in [5.74, 6) is 0. The molecule has 1 radical (unpaired) electrons. The van der Waals surface area contributed by atoms with E-state index in [1.54, 1.807) is 0 Å². The summed E-state index contributed by atoms with van der Waals surface area (Å²) in [6.45, 7) is 0. The molecule has 2 aromatic carbocycles. The largest absolute Gasteiger partial charge is 0.418 e. The summed E-state index contributed by atoms with van der Waals surface area (Å²) < 4.78 is 6.03. The van der Waals surface area contributed by atoms with Gasteiger partial charge in [-0.3, -0.25) is 0 Å². The van der Waals surface area contributed by atoms with Crippen molar-refractivity contribution in [1.82, 2.24) is 0 Å². The lowest BCUT2D eigenvalue weighted by Gasteiger charge is -2.25. The van der Waals surface area contributed by atoms with E-state index in [0.717, 1.165) is 0 Å². The molecular weight excluding hydrogens is 272 g/mol. The topological polar surface area (TPSA) is 9.23 Å². The number of hydrogen-bond donors (Lipinski definition) is 0. The molecule has 0 aromatic heterocycles. The van der Waals surface area contributed by atoms with Gasteiger partial charge in [-0.2, -0.15) is 0 Å². The number of allylic oxidation sites excluding steroid dienone is 2. The molecule has 0 saturated heterocycles. The standard InChI is InChI=1S/C19H17OSi/c1-20-21(18-12-10-14-6-2-4-8-16(14)18)19-13-11-15-7-3-5-9-17(15)19/h2-13,18-19H,1H3. The van der Waals surface area contributed by atoms with E-state index in [0.29, 0.717) is 11.1 Å². The van der Waals surface area contributed by atoms with Crippen molar-refractivity contribution in [2.24, 2.45) is 0 Å². The van der Waals surface area contributed by atoms with E-state index in [1.807, 2.05) is 7.11 Å². The third kappa shape index (κ3) is 2.03. The van der Waals surface area contributed by atoms with Gasteiger partial charge in [-0.05, 0) is 22.3 Å². The second kappa shape index (κ2) is 5.13. The number of rotatable bonds is 3. The zero-order chi connectivity index (χ0) is 14.2. The fourth-order valence-electron chi connectivity index (χ4n) is 3.44. The lowest BCUT2D eigenvalue weighted by Crippen LogP contribution is -2.31.